The fourth-order valence-electron chi connectivity index (χ4n) is 3.74. The molecule has 4 nitrogen and oxygen atoms in total. The molecule has 0 spiro atoms. The Balaban J connectivity index is 1.77. The number of ketones is 1. The van der Waals surface area contributed by atoms with Crippen molar-refractivity contribution in [2.75, 3.05) is 0 Å². The molecule has 0 bridgehead atoms. The first-order chi connectivity index (χ1) is 16.1. The second-order valence-corrected chi connectivity index (χ2v) is 11.1. The summed E-state index contributed by atoms with van der Waals surface area (Å²) in [6, 6.07) is 18.4. The third kappa shape index (κ3) is 5.34. The van der Waals surface area contributed by atoms with Crippen LogP contribution in [0.4, 0.5) is 0 Å². The van der Waals surface area contributed by atoms with Gasteiger partial charge in [-0.2, -0.15) is 0 Å². The van der Waals surface area contributed by atoms with Crippen molar-refractivity contribution in [1.82, 2.24) is 15.0 Å². The van der Waals surface area contributed by atoms with Gasteiger partial charge in [0.2, 0.25) is 0 Å². The Morgan fingerprint density at radius 3 is 2.21 bits per heavy atom. The summed E-state index contributed by atoms with van der Waals surface area (Å²) in [7, 11) is 0. The summed E-state index contributed by atoms with van der Waals surface area (Å²) in [6.07, 6.45) is 5.17. The van der Waals surface area contributed by atoms with Crippen LogP contribution in [0.5, 0.6) is 0 Å². The predicted octanol–water partition coefficient (Wildman–Crippen LogP) is 5.53. The van der Waals surface area contributed by atoms with Crippen molar-refractivity contribution in [3.05, 3.63) is 84.2 Å². The summed E-state index contributed by atoms with van der Waals surface area (Å²) in [5.41, 5.74) is 6.58. The first-order valence-corrected chi connectivity index (χ1v) is 12.7. The van der Waals surface area contributed by atoms with Crippen molar-refractivity contribution in [1.29, 1.82) is 0 Å². The van der Waals surface area contributed by atoms with Gasteiger partial charge in [0.15, 0.2) is 0 Å². The first-order valence-electron chi connectivity index (χ1n) is 11.5. The Morgan fingerprint density at radius 2 is 1.59 bits per heavy atom. The maximum atomic E-state index is 12.5. The molecule has 1 atom stereocenters. The van der Waals surface area contributed by atoms with Crippen LogP contribution in [-0.4, -0.2) is 37.6 Å². The van der Waals surface area contributed by atoms with Crippen molar-refractivity contribution >= 4 is 38.2 Å². The third-order valence-corrected chi connectivity index (χ3v) is 6.64. The number of pyridine rings is 1. The zero-order chi connectivity index (χ0) is 24.5. The Kier molecular flexibility index (Phi) is 6.81. The second kappa shape index (κ2) is 9.64. The van der Waals surface area contributed by atoms with Crippen LogP contribution >= 0.6 is 0 Å². The van der Waals surface area contributed by atoms with E-state index >= 15 is 0 Å². The number of allylic oxidation sites excluding steroid dienone is 2. The summed E-state index contributed by atoms with van der Waals surface area (Å²) in [5, 5.41) is 0.989. The van der Waals surface area contributed by atoms with Gasteiger partial charge in [-0.05, 0) is 5.41 Å². The van der Waals surface area contributed by atoms with Crippen LogP contribution in [-0.2, 0) is 0 Å². The molecule has 0 saturated heterocycles. The molecule has 0 aliphatic heterocycles. The van der Waals surface area contributed by atoms with Gasteiger partial charge in [0.25, 0.3) is 0 Å². The number of hydrogen-bond acceptors (Lipinski definition) is 4. The Hall–Kier alpha value is -3.10. The molecule has 0 saturated carbocycles. The van der Waals surface area contributed by atoms with Crippen LogP contribution < -0.4 is 4.48 Å². The fourth-order valence-corrected chi connectivity index (χ4v) is 4.48. The number of hydrogen-bond donors (Lipinski definition) is 0. The predicted molar refractivity (Wildman–Crippen MR) is 143 cm³/mol. The number of carbonyl (C=O) groups is 1. The van der Waals surface area contributed by atoms with Crippen LogP contribution in [0.1, 0.15) is 56.5 Å². The van der Waals surface area contributed by atoms with Gasteiger partial charge >= 0.3 is 184 Å². The molecule has 0 N–H and O–H groups in total. The molecule has 0 aliphatic rings. The van der Waals surface area contributed by atoms with Gasteiger partial charge < -0.3 is 0 Å². The summed E-state index contributed by atoms with van der Waals surface area (Å²) in [6.45, 7) is 10.6. The number of rotatable bonds is 5. The maximum absolute atomic E-state index is 12.5. The van der Waals surface area contributed by atoms with E-state index in [1.54, 1.807) is 12.4 Å². The zero-order valence-corrected chi connectivity index (χ0v) is 22.8. The van der Waals surface area contributed by atoms with Crippen molar-refractivity contribution in [3.8, 4) is 22.4 Å². The Morgan fingerprint density at radius 1 is 0.941 bits per heavy atom. The van der Waals surface area contributed by atoms with Gasteiger partial charge in [0.05, 0.1) is 0 Å². The number of fused-ring (bicyclic) bond motifs is 1. The average molecular weight is 512 g/mol. The van der Waals surface area contributed by atoms with E-state index in [2.05, 4.69) is 74.9 Å². The van der Waals surface area contributed by atoms with E-state index < -0.39 is 0 Å². The molecule has 2 aromatic heterocycles. The molecule has 2 heterocycles. The zero-order valence-electron chi connectivity index (χ0n) is 20.3. The molecule has 172 valence electrons. The van der Waals surface area contributed by atoms with E-state index in [-0.39, 0.29) is 11.2 Å². The molecular weight excluding hydrogens is 481 g/mol. The topological polar surface area (TPSA) is 55.7 Å². The number of benzene rings is 2. The van der Waals surface area contributed by atoms with Crippen LogP contribution in [0.2, 0.25) is 0 Å². The molecule has 4 aromatic rings. The first kappa shape index (κ1) is 24.0. The van der Waals surface area contributed by atoms with Crippen LogP contribution in [0.15, 0.2) is 73.1 Å². The van der Waals surface area contributed by atoms with Gasteiger partial charge in [0.1, 0.15) is 0 Å². The minimum absolute atomic E-state index is 0.00414. The van der Waals surface area contributed by atoms with E-state index in [1.807, 2.05) is 30.3 Å². The van der Waals surface area contributed by atoms with E-state index in [9.17, 15) is 4.79 Å². The molecule has 0 aliphatic carbocycles. The summed E-state index contributed by atoms with van der Waals surface area (Å²) in [5.74, 6) is 0.483. The summed E-state index contributed by atoms with van der Waals surface area (Å²) in [4.78, 5) is 26.3. The molecule has 34 heavy (non-hydrogen) atoms. The molecule has 4 rings (SSSR count). The second-order valence-electron chi connectivity index (χ2n) is 9.93. The van der Waals surface area contributed by atoms with E-state index in [0.717, 1.165) is 32.3 Å². The van der Waals surface area contributed by atoms with Gasteiger partial charge in [-0.25, -0.2) is 0 Å². The summed E-state index contributed by atoms with van der Waals surface area (Å²) >= 11 is 1.46. The Bertz CT molecular complexity index is 1370. The standard InChI is InChI=1S/C29H30AsN3O/c1-18(2)19-6-8-20(9-7-19)23-16-24(33-28-26(23)27(30)31-17-32-28)21-10-12-22(13-11-21)25(34)14-15-29(3,4)5/h6-18H,30H2,1-5H3. The molecule has 2 aromatic carbocycles. The third-order valence-electron chi connectivity index (χ3n) is 5.72. The van der Waals surface area contributed by atoms with Crippen molar-refractivity contribution in [2.24, 2.45) is 5.41 Å². The molecule has 0 fully saturated rings. The van der Waals surface area contributed by atoms with Crippen molar-refractivity contribution < 1.29 is 4.79 Å². The molecule has 0 amide bonds. The van der Waals surface area contributed by atoms with E-state index in [4.69, 9.17) is 4.98 Å². The summed E-state index contributed by atoms with van der Waals surface area (Å²) < 4.78 is 0.964. The van der Waals surface area contributed by atoms with Gasteiger partial charge in [-0.3, -0.25) is 0 Å². The normalized spacial score (nSPS) is 12.1. The van der Waals surface area contributed by atoms with Crippen LogP contribution in [0, 0.1) is 5.41 Å². The molecular formula is C29H30AsN3O. The molecule has 5 heteroatoms. The average Bonchev–Trinajstić information content (AvgIpc) is 2.81. The number of aromatic nitrogens is 3. The number of carbonyl (C=O) groups excluding carboxylic acids is 1. The van der Waals surface area contributed by atoms with E-state index in [0.29, 0.717) is 17.1 Å². The monoisotopic (exact) mass is 511 g/mol. The van der Waals surface area contributed by atoms with E-state index in [1.165, 1.54) is 22.4 Å². The molecule has 1 unspecified atom stereocenters. The van der Waals surface area contributed by atoms with Crippen molar-refractivity contribution in [2.45, 2.75) is 40.5 Å². The SMILES string of the molecule is CC(C)c1ccc(-c2cc(-c3ccc(C(=O)C=CC(C)(C)C)cc3)nc3ncnc([AsH2])c23)cc1. The van der Waals surface area contributed by atoms with Gasteiger partial charge in [0, 0.05) is 0 Å². The fraction of sp³-hybridized carbons (Fsp3) is 0.241. The van der Waals surface area contributed by atoms with Gasteiger partial charge in [-0.1, -0.05) is 20.8 Å². The Labute approximate surface area is 210 Å². The molecule has 0 radical (unpaired) electrons. The van der Waals surface area contributed by atoms with Gasteiger partial charge in [-0.15, -0.1) is 0 Å². The van der Waals surface area contributed by atoms with Crippen molar-refractivity contribution in [3.63, 3.8) is 0 Å². The van der Waals surface area contributed by atoms with Crippen LogP contribution in [0.25, 0.3) is 33.4 Å². The quantitative estimate of drug-likeness (QED) is 0.201. The number of nitrogens with zero attached hydrogens (tertiary/aromatic N) is 3. The van der Waals surface area contributed by atoms with Crippen LogP contribution in [0.3, 0.4) is 0 Å². The minimum atomic E-state index is -0.0321.